The summed E-state index contributed by atoms with van der Waals surface area (Å²) in [5.74, 6) is 31.7. The summed E-state index contributed by atoms with van der Waals surface area (Å²) in [6.45, 7) is 33.2. The molecule has 10 heterocycles. The van der Waals surface area contributed by atoms with Crippen LogP contribution < -0.4 is 0 Å². The van der Waals surface area contributed by atoms with E-state index in [2.05, 4.69) is 503 Å². The molecule has 694 valence electrons. The lowest BCUT2D eigenvalue weighted by Crippen LogP contribution is -2.16. The van der Waals surface area contributed by atoms with Crippen molar-refractivity contribution in [2.45, 2.75) is 113 Å². The fourth-order valence-electron chi connectivity index (χ4n) is 20.9. The van der Waals surface area contributed by atoms with Gasteiger partial charge in [0.1, 0.15) is 8.07 Å². The number of aryl methyl sites for hydroxylation is 12. The molecule has 0 spiro atoms. The van der Waals surface area contributed by atoms with E-state index < -0.39 is 8.07 Å². The molecule has 0 atom stereocenters. The van der Waals surface area contributed by atoms with Gasteiger partial charge in [-0.3, -0.25) is 0 Å². The maximum Gasteiger partial charge on any atom is 0.129 e. The summed E-state index contributed by atoms with van der Waals surface area (Å²) < 4.78 is 0. The molecular formula is C133H106N8S2Si. The number of nitrogens with one attached hydrogen (secondary N) is 4. The first kappa shape index (κ1) is 93.6. The van der Waals surface area contributed by atoms with E-state index in [0.29, 0.717) is 0 Å². The summed E-state index contributed by atoms with van der Waals surface area (Å²) in [6.07, 6.45) is 21.6. The van der Waals surface area contributed by atoms with Gasteiger partial charge in [-0.2, -0.15) is 0 Å². The molecule has 11 heteroatoms. The average Bonchev–Trinajstić information content (AvgIpc) is 1.60. The minimum Gasteiger partial charge on any atom is -0.354 e. The quantitative estimate of drug-likeness (QED) is 0.0616. The van der Waals surface area contributed by atoms with E-state index in [1.807, 2.05) is 0 Å². The molecule has 0 fully saturated rings. The Labute approximate surface area is 853 Å². The fraction of sp³-hybridized carbons (Fsp3) is 0.128. The number of benzene rings is 11. The van der Waals surface area contributed by atoms with Crippen LogP contribution in [-0.4, -0.2) is 60.5 Å². The minimum atomic E-state index is -1.83. The highest BCUT2D eigenvalue weighted by molar-refractivity contribution is 7.98. The molecule has 0 saturated heterocycles. The predicted molar refractivity (Wildman–Crippen MR) is 615 cm³/mol. The molecule has 144 heavy (non-hydrogen) atoms. The van der Waals surface area contributed by atoms with Crippen molar-refractivity contribution >= 4 is 124 Å². The summed E-state index contributed by atoms with van der Waals surface area (Å²) in [7, 11) is -1.83. The molecule has 0 aliphatic carbocycles. The van der Waals surface area contributed by atoms with Crippen molar-refractivity contribution in [3.8, 4) is 148 Å². The van der Waals surface area contributed by atoms with Crippen molar-refractivity contribution in [1.29, 1.82) is 0 Å². The standard InChI is InChI=1S/C133H106N8S2Si/c1-79-66-83(5)122(84(6)67-79)130-114-56-48-106(134-114)126(100-40-32-91(33-41-100)24-28-95-20-18-22-104(77-95)142-13)107-49-57-115(135-107)131(123-85(7)68-80(2)69-86(123)8)119-61-53-111(139-119)128(110-52-60-118(130)138-110)102-44-36-93(37-45-102)26-30-97-74-98(76-99(75-97)64-65-144(15,16)17)31-27-94-38-46-103(47-39-94)129-112-54-62-120(140-112)132(124-87(9)70-81(3)71-88(124)10)116-58-50-108(136-116)127(101-42-34-92(35-43-101)25-29-96-21-19-23-105(78-96)143-14)109-51-59-117(137-109)133(121-63-55-113(129)141-121)125-89(11)72-82(4)73-90(125)12/h18-23,32-63,66-78,134,136,139,141H,1-17H3. The molecule has 4 N–H and O–H groups in total. The van der Waals surface area contributed by atoms with Crippen LogP contribution in [-0.2, 0) is 0 Å². The number of aromatic nitrogens is 8. The Hall–Kier alpha value is -16.7. The highest BCUT2D eigenvalue weighted by Crippen LogP contribution is 2.46. The highest BCUT2D eigenvalue weighted by Gasteiger charge is 2.27. The molecule has 11 aromatic carbocycles. The molecule has 4 aliphatic heterocycles. The molecule has 0 amide bonds. The van der Waals surface area contributed by atoms with Gasteiger partial charge >= 0.3 is 0 Å². The molecular weight excluding hydrogens is 1800 g/mol. The first-order valence-electron chi connectivity index (χ1n) is 48.8. The first-order chi connectivity index (χ1) is 69.7. The fourth-order valence-corrected chi connectivity index (χ4v) is 22.4. The number of hydrogen-bond acceptors (Lipinski definition) is 6. The van der Waals surface area contributed by atoms with Crippen LogP contribution in [0.5, 0.6) is 0 Å². The van der Waals surface area contributed by atoms with Crippen molar-refractivity contribution in [2.75, 3.05) is 12.5 Å². The van der Waals surface area contributed by atoms with Gasteiger partial charge in [-0.1, -0.05) is 204 Å². The van der Waals surface area contributed by atoms with Crippen LogP contribution in [0.1, 0.15) is 162 Å². The molecule has 0 saturated carbocycles. The zero-order valence-corrected chi connectivity index (χ0v) is 86.7. The number of hydrogen-bond donors (Lipinski definition) is 4. The number of H-pyrrole nitrogens is 4. The van der Waals surface area contributed by atoms with Crippen LogP contribution in [0.2, 0.25) is 19.6 Å². The molecule has 6 aromatic heterocycles. The third kappa shape index (κ3) is 19.2. The number of rotatable bonds is 10. The van der Waals surface area contributed by atoms with E-state index in [1.165, 1.54) is 32.0 Å². The maximum atomic E-state index is 5.76. The van der Waals surface area contributed by atoms with E-state index in [0.717, 1.165) is 273 Å². The van der Waals surface area contributed by atoms with Crippen molar-refractivity contribution < 1.29 is 0 Å². The van der Waals surface area contributed by atoms with Crippen LogP contribution in [0.3, 0.4) is 0 Å². The molecule has 8 nitrogen and oxygen atoms in total. The lowest BCUT2D eigenvalue weighted by molar-refractivity contribution is 1.28. The van der Waals surface area contributed by atoms with Gasteiger partial charge in [-0.15, -0.1) is 29.1 Å². The summed E-state index contributed by atoms with van der Waals surface area (Å²) in [4.78, 5) is 41.4. The summed E-state index contributed by atoms with van der Waals surface area (Å²) in [6, 6.07) is 93.3. The average molecular weight is 1910 g/mol. The number of thioether (sulfide) groups is 2. The lowest BCUT2D eigenvalue weighted by Gasteiger charge is -2.13. The van der Waals surface area contributed by atoms with Crippen LogP contribution in [0.15, 0.2) is 271 Å². The second kappa shape index (κ2) is 39.1. The van der Waals surface area contributed by atoms with Gasteiger partial charge in [0, 0.05) is 149 Å². The van der Waals surface area contributed by atoms with Crippen LogP contribution in [0, 0.1) is 142 Å². The van der Waals surface area contributed by atoms with E-state index in [1.54, 1.807) is 23.5 Å². The summed E-state index contributed by atoms with van der Waals surface area (Å²) in [5, 5.41) is 0. The van der Waals surface area contributed by atoms with Gasteiger partial charge in [-0.25, -0.2) is 19.9 Å². The lowest BCUT2D eigenvalue weighted by atomic mass is 9.92. The van der Waals surface area contributed by atoms with Gasteiger partial charge in [0.25, 0.3) is 0 Å². The first-order valence-corrected chi connectivity index (χ1v) is 54.8. The zero-order chi connectivity index (χ0) is 99.5. The second-order valence-electron chi connectivity index (χ2n) is 39.2. The van der Waals surface area contributed by atoms with Gasteiger partial charge < -0.3 is 19.9 Å². The second-order valence-corrected chi connectivity index (χ2v) is 45.7. The third-order valence-corrected chi connectivity index (χ3v) is 29.3. The Kier molecular flexibility index (Phi) is 25.4. The maximum absolute atomic E-state index is 5.76. The van der Waals surface area contributed by atoms with E-state index >= 15 is 0 Å². The Bertz CT molecular complexity index is 8430. The summed E-state index contributed by atoms with van der Waals surface area (Å²) >= 11 is 3.44. The topological polar surface area (TPSA) is 115 Å². The molecule has 17 aromatic rings. The van der Waals surface area contributed by atoms with E-state index in [4.69, 9.17) is 19.9 Å². The number of nitrogens with zero attached hydrogens (tertiary/aromatic N) is 4. The van der Waals surface area contributed by atoms with E-state index in [-0.39, 0.29) is 0 Å². The number of fused-ring (bicyclic) bond motifs is 16. The van der Waals surface area contributed by atoms with Crippen molar-refractivity contribution in [3.05, 3.63) is 423 Å². The van der Waals surface area contributed by atoms with Gasteiger partial charge in [0.15, 0.2) is 0 Å². The molecule has 21 rings (SSSR count). The van der Waals surface area contributed by atoms with E-state index in [9.17, 15) is 0 Å². The van der Waals surface area contributed by atoms with Crippen molar-refractivity contribution in [3.63, 3.8) is 0 Å². The van der Waals surface area contributed by atoms with Crippen LogP contribution in [0.4, 0.5) is 0 Å². The highest BCUT2D eigenvalue weighted by atomic mass is 32.2. The Morgan fingerprint density at radius 3 is 0.625 bits per heavy atom. The van der Waals surface area contributed by atoms with Crippen molar-refractivity contribution in [2.24, 2.45) is 0 Å². The normalized spacial score (nSPS) is 11.7. The van der Waals surface area contributed by atoms with Gasteiger partial charge in [0.2, 0.25) is 0 Å². The molecule has 0 unspecified atom stereocenters. The van der Waals surface area contributed by atoms with Crippen LogP contribution >= 0.6 is 23.5 Å². The SMILES string of the molecule is CSc1cccc(C#Cc2ccc(-c3c4nc(c(-c5c(C)cc(C)cc5C)c5ccc([nH]5)c(-c5ccc(C#Cc6cc(C#Cc7ccc(-c8c9nc(c(-c%10c(C)cc(C)cc%10C)c%10ccc([nH]%10)c(-c%10ccc(C#Cc%11cccc(SC)c%11)cc%10)c%10nc(c(-c%11c(C)cc(C)cc%11C)c%11ccc8[nH]%11)C=C%10)C=C9)cc7)cc(C#C[Si](C)(C)C)c6)cc5)c5nc(c(-c6c(C)cc(C)cc6C)c6ccc3[nH]6)C=C5)C=C4)cc2)c1. The predicted octanol–water partition coefficient (Wildman–Crippen LogP) is 32.9. The minimum absolute atomic E-state index is 0.812. The van der Waals surface area contributed by atoms with Crippen LogP contribution in [0.25, 0.3) is 182 Å². The molecule has 4 aliphatic rings. The third-order valence-electron chi connectivity index (χ3n) is 27.0. The Morgan fingerprint density at radius 2 is 0.403 bits per heavy atom. The molecule has 0 radical (unpaired) electrons. The van der Waals surface area contributed by atoms with Crippen molar-refractivity contribution in [1.82, 2.24) is 39.9 Å². The number of aromatic amines is 4. The molecule has 16 bridgehead atoms. The monoisotopic (exact) mass is 1910 g/mol. The zero-order valence-electron chi connectivity index (χ0n) is 84.1. The Balaban J connectivity index is 0.665. The van der Waals surface area contributed by atoms with Gasteiger partial charge in [0.05, 0.1) is 45.6 Å². The summed E-state index contributed by atoms with van der Waals surface area (Å²) in [5.41, 5.74) is 56.3. The Morgan fingerprint density at radius 1 is 0.201 bits per heavy atom. The van der Waals surface area contributed by atoms with Gasteiger partial charge in [-0.05, 0) is 385 Å². The smallest absolute Gasteiger partial charge is 0.129 e. The largest absolute Gasteiger partial charge is 0.354 e.